The summed E-state index contributed by atoms with van der Waals surface area (Å²) in [6.45, 7) is 0. The van der Waals surface area contributed by atoms with Crippen LogP contribution in [0, 0.1) is 0 Å². The van der Waals surface area contributed by atoms with Crippen molar-refractivity contribution in [2.45, 2.75) is 5.66 Å². The van der Waals surface area contributed by atoms with Crippen molar-refractivity contribution in [1.29, 1.82) is 0 Å². The molecule has 0 radical (unpaired) electrons. The van der Waals surface area contributed by atoms with Gasteiger partial charge in [0.1, 0.15) is 5.75 Å². The number of nitrogens with two attached hydrogens (primary N) is 2. The monoisotopic (exact) mass is 344 g/mol. The molecule has 1 heterocycles. The Morgan fingerprint density at radius 2 is 1.69 bits per heavy atom. The van der Waals surface area contributed by atoms with Crippen molar-refractivity contribution in [3.8, 4) is 5.75 Å². The molecular formula is C21H20N4O. The van der Waals surface area contributed by atoms with E-state index in [-0.39, 0.29) is 5.96 Å². The Morgan fingerprint density at radius 1 is 0.962 bits per heavy atom. The minimum absolute atomic E-state index is 0.267. The number of hydrogen-bond donors (Lipinski definition) is 3. The van der Waals surface area contributed by atoms with Gasteiger partial charge in [0.05, 0.1) is 7.11 Å². The number of benzene rings is 3. The molecular weight excluding hydrogens is 324 g/mol. The topological polar surface area (TPSA) is 85.7 Å². The van der Waals surface area contributed by atoms with Gasteiger partial charge in [-0.25, -0.2) is 4.99 Å². The molecule has 0 saturated heterocycles. The summed E-state index contributed by atoms with van der Waals surface area (Å²) in [5, 5.41) is 5.29. The molecule has 5 nitrogen and oxygen atoms in total. The van der Waals surface area contributed by atoms with Crippen LogP contribution in [0.15, 0.2) is 77.9 Å². The van der Waals surface area contributed by atoms with Crippen molar-refractivity contribution in [2.75, 3.05) is 7.11 Å². The number of rotatable bonds is 3. The smallest absolute Gasteiger partial charge is 0.195 e. The third kappa shape index (κ3) is 2.59. The molecule has 1 aliphatic rings. The third-order valence-corrected chi connectivity index (χ3v) is 4.65. The van der Waals surface area contributed by atoms with Crippen LogP contribution in [0.5, 0.6) is 5.75 Å². The van der Waals surface area contributed by atoms with Gasteiger partial charge in [-0.1, -0.05) is 54.6 Å². The van der Waals surface area contributed by atoms with E-state index >= 15 is 0 Å². The van der Waals surface area contributed by atoms with E-state index in [1.54, 1.807) is 7.11 Å². The van der Waals surface area contributed by atoms with Crippen molar-refractivity contribution in [2.24, 2.45) is 16.5 Å². The molecule has 0 fully saturated rings. The fourth-order valence-electron chi connectivity index (χ4n) is 3.36. The second-order valence-corrected chi connectivity index (χ2v) is 6.23. The molecule has 1 unspecified atom stereocenters. The molecule has 0 saturated carbocycles. The molecule has 1 atom stereocenters. The van der Waals surface area contributed by atoms with Crippen LogP contribution in [0.25, 0.3) is 16.3 Å². The van der Waals surface area contributed by atoms with Gasteiger partial charge in [0.15, 0.2) is 11.6 Å². The number of ether oxygens (including phenoxy) is 1. The van der Waals surface area contributed by atoms with Gasteiger partial charge < -0.3 is 15.8 Å². The van der Waals surface area contributed by atoms with Gasteiger partial charge >= 0.3 is 0 Å². The minimum Gasteiger partial charge on any atom is -0.496 e. The van der Waals surface area contributed by atoms with Gasteiger partial charge in [0, 0.05) is 17.3 Å². The average molecular weight is 344 g/mol. The number of hydrogen-bond acceptors (Lipinski definition) is 5. The molecule has 3 aromatic carbocycles. The van der Waals surface area contributed by atoms with Crippen LogP contribution in [0.3, 0.4) is 0 Å². The first-order valence-corrected chi connectivity index (χ1v) is 8.36. The number of nitrogens with one attached hydrogen (secondary N) is 1. The van der Waals surface area contributed by atoms with Gasteiger partial charge in [-0.15, -0.1) is 0 Å². The van der Waals surface area contributed by atoms with Crippen molar-refractivity contribution >= 4 is 22.3 Å². The highest BCUT2D eigenvalue weighted by atomic mass is 16.5. The maximum atomic E-state index is 6.81. The molecule has 26 heavy (non-hydrogen) atoms. The summed E-state index contributed by atoms with van der Waals surface area (Å²) in [5.74, 6) is 0.933. The van der Waals surface area contributed by atoms with E-state index in [1.807, 2.05) is 48.7 Å². The third-order valence-electron chi connectivity index (χ3n) is 4.65. The van der Waals surface area contributed by atoms with Crippen LogP contribution in [0.4, 0.5) is 0 Å². The summed E-state index contributed by atoms with van der Waals surface area (Å²) in [5.41, 5.74) is 14.2. The Morgan fingerprint density at radius 3 is 2.50 bits per heavy atom. The van der Waals surface area contributed by atoms with Crippen molar-refractivity contribution in [1.82, 2.24) is 5.32 Å². The molecule has 0 aromatic heterocycles. The molecule has 3 aromatic rings. The summed E-state index contributed by atoms with van der Waals surface area (Å²) in [6.07, 6.45) is 1.82. The maximum absolute atomic E-state index is 6.81. The number of nitrogens with zero attached hydrogens (tertiary/aromatic N) is 1. The fourth-order valence-corrected chi connectivity index (χ4v) is 3.36. The average Bonchev–Trinajstić information content (AvgIpc) is 2.67. The van der Waals surface area contributed by atoms with Crippen LogP contribution in [-0.4, -0.2) is 13.1 Å². The Bertz CT molecular complexity index is 1040. The predicted octanol–water partition coefficient (Wildman–Crippen LogP) is 2.92. The van der Waals surface area contributed by atoms with E-state index in [2.05, 4.69) is 34.6 Å². The van der Waals surface area contributed by atoms with Crippen LogP contribution < -0.4 is 21.5 Å². The van der Waals surface area contributed by atoms with Crippen molar-refractivity contribution < 1.29 is 4.74 Å². The zero-order valence-corrected chi connectivity index (χ0v) is 14.4. The lowest BCUT2D eigenvalue weighted by Gasteiger charge is -2.33. The van der Waals surface area contributed by atoms with Gasteiger partial charge in [0.2, 0.25) is 0 Å². The number of guanidine groups is 1. The lowest BCUT2D eigenvalue weighted by molar-refractivity contribution is 0.399. The van der Waals surface area contributed by atoms with Crippen LogP contribution in [-0.2, 0) is 5.66 Å². The molecule has 4 rings (SSSR count). The Balaban J connectivity index is 1.90. The first-order valence-electron chi connectivity index (χ1n) is 8.36. The maximum Gasteiger partial charge on any atom is 0.195 e. The van der Waals surface area contributed by atoms with E-state index in [1.165, 1.54) is 5.39 Å². The second-order valence-electron chi connectivity index (χ2n) is 6.23. The van der Waals surface area contributed by atoms with Crippen molar-refractivity contribution in [3.05, 3.63) is 84.1 Å². The molecule has 5 N–H and O–H groups in total. The second kappa shape index (κ2) is 6.20. The predicted molar refractivity (Wildman–Crippen MR) is 106 cm³/mol. The Labute approximate surface area is 152 Å². The quantitative estimate of drug-likeness (QED) is 0.682. The van der Waals surface area contributed by atoms with Gasteiger partial charge in [-0.2, -0.15) is 0 Å². The molecule has 5 heteroatoms. The summed E-state index contributed by atoms with van der Waals surface area (Å²) >= 11 is 0. The summed E-state index contributed by atoms with van der Waals surface area (Å²) in [7, 11) is 1.62. The highest BCUT2D eigenvalue weighted by Crippen LogP contribution is 2.41. The molecule has 0 amide bonds. The summed E-state index contributed by atoms with van der Waals surface area (Å²) in [6, 6.07) is 22.0. The lowest BCUT2D eigenvalue weighted by atomic mass is 9.86. The van der Waals surface area contributed by atoms with E-state index in [0.717, 1.165) is 22.1 Å². The first kappa shape index (κ1) is 16.2. The highest BCUT2D eigenvalue weighted by molar-refractivity contribution is 5.92. The first-order chi connectivity index (χ1) is 12.6. The number of fused-ring (bicyclic) bond motifs is 1. The van der Waals surface area contributed by atoms with Crippen molar-refractivity contribution in [3.63, 3.8) is 0 Å². The van der Waals surface area contributed by atoms with E-state index in [9.17, 15) is 0 Å². The minimum atomic E-state index is -1.15. The fraction of sp³-hybridized carbons (Fsp3) is 0.0952. The van der Waals surface area contributed by atoms with Gasteiger partial charge in [0.25, 0.3) is 0 Å². The molecule has 0 bridgehead atoms. The standard InChI is InChI=1S/C21H20N4O/c1-26-19-9-5-4-8-17(19)21(23)18(13-24-20(22)25-21)16-11-10-14-6-2-3-7-15(14)12-16/h2-13H,23H2,1H3,(H3,22,24,25). The summed E-state index contributed by atoms with van der Waals surface area (Å²) < 4.78 is 5.52. The van der Waals surface area contributed by atoms with Crippen LogP contribution in [0.2, 0.25) is 0 Å². The Kier molecular flexibility index (Phi) is 3.86. The number of aliphatic imine (C=N–C) groups is 1. The van der Waals surface area contributed by atoms with Gasteiger partial charge in [-0.3, -0.25) is 5.73 Å². The van der Waals surface area contributed by atoms with E-state index in [0.29, 0.717) is 5.75 Å². The van der Waals surface area contributed by atoms with Gasteiger partial charge in [-0.05, 0) is 28.5 Å². The van der Waals surface area contributed by atoms with E-state index < -0.39 is 5.66 Å². The molecule has 130 valence electrons. The Hall–Kier alpha value is -3.31. The normalized spacial score (nSPS) is 19.5. The van der Waals surface area contributed by atoms with Crippen LogP contribution >= 0.6 is 0 Å². The number of para-hydroxylation sites is 1. The van der Waals surface area contributed by atoms with E-state index in [4.69, 9.17) is 16.2 Å². The molecule has 0 spiro atoms. The highest BCUT2D eigenvalue weighted by Gasteiger charge is 2.37. The number of methoxy groups -OCH3 is 1. The zero-order chi connectivity index (χ0) is 18.1. The van der Waals surface area contributed by atoms with Crippen LogP contribution in [0.1, 0.15) is 11.1 Å². The lowest BCUT2D eigenvalue weighted by Crippen LogP contribution is -2.45. The molecule has 1 aliphatic heterocycles. The largest absolute Gasteiger partial charge is 0.496 e. The SMILES string of the molecule is COc1ccccc1C1(N)N=C(N)NC=C1c1ccc2ccccc2c1. The zero-order valence-electron chi connectivity index (χ0n) is 14.4. The molecule has 0 aliphatic carbocycles. The summed E-state index contributed by atoms with van der Waals surface area (Å²) in [4.78, 5) is 4.54.